The minimum absolute atomic E-state index is 0.0329. The van der Waals surface area contributed by atoms with Gasteiger partial charge in [-0.05, 0) is 24.1 Å². The van der Waals surface area contributed by atoms with Gasteiger partial charge in [-0.3, -0.25) is 16.1 Å². The van der Waals surface area contributed by atoms with Gasteiger partial charge in [0.2, 0.25) is 0 Å². The van der Waals surface area contributed by atoms with Gasteiger partial charge in [0.05, 0.1) is 0 Å². The molecule has 0 atom stereocenters. The standard InChI is InChI=1S/C11H17N5O2/c1-16(11(14)15-10(12)13)5-4-7-2-3-8(17)9(18)6-7/h2-3,6,17-18H,4-5H2,1H3,(H5,12,13,14,15). The molecule has 0 aromatic heterocycles. The number of nitrogens with zero attached hydrogens (tertiary/aromatic N) is 1. The molecule has 0 radical (unpaired) electrons. The van der Waals surface area contributed by atoms with Gasteiger partial charge < -0.3 is 20.8 Å². The van der Waals surface area contributed by atoms with Gasteiger partial charge in [0.25, 0.3) is 0 Å². The first-order valence-electron chi connectivity index (χ1n) is 5.31. The summed E-state index contributed by atoms with van der Waals surface area (Å²) in [6.45, 7) is 0.517. The largest absolute Gasteiger partial charge is 0.504 e. The zero-order valence-corrected chi connectivity index (χ0v) is 10.1. The summed E-state index contributed by atoms with van der Waals surface area (Å²) in [4.78, 5) is 1.59. The van der Waals surface area contributed by atoms with Crippen LogP contribution in [0.15, 0.2) is 18.2 Å². The Kier molecular flexibility index (Phi) is 4.36. The molecule has 0 amide bonds. The molecule has 0 aliphatic heterocycles. The van der Waals surface area contributed by atoms with Crippen LogP contribution in [0.5, 0.6) is 11.5 Å². The van der Waals surface area contributed by atoms with E-state index in [1.807, 2.05) is 0 Å². The third-order valence-electron chi connectivity index (χ3n) is 2.41. The highest BCUT2D eigenvalue weighted by Gasteiger charge is 2.06. The van der Waals surface area contributed by atoms with Gasteiger partial charge in [0.1, 0.15) is 0 Å². The van der Waals surface area contributed by atoms with Crippen molar-refractivity contribution in [1.82, 2.24) is 10.2 Å². The zero-order chi connectivity index (χ0) is 13.7. The number of nitrogens with one attached hydrogen (secondary N) is 3. The number of rotatable bonds is 3. The molecule has 0 aliphatic carbocycles. The summed E-state index contributed by atoms with van der Waals surface area (Å²) in [6.07, 6.45) is 0.590. The van der Waals surface area contributed by atoms with E-state index in [0.717, 1.165) is 5.56 Å². The number of hydrogen-bond donors (Lipinski definition) is 6. The molecular formula is C11H17N5O2. The summed E-state index contributed by atoms with van der Waals surface area (Å²) in [5, 5.41) is 35.5. The zero-order valence-electron chi connectivity index (χ0n) is 10.1. The van der Waals surface area contributed by atoms with Crippen molar-refractivity contribution in [3.8, 4) is 11.5 Å². The molecule has 7 heteroatoms. The van der Waals surface area contributed by atoms with E-state index in [2.05, 4.69) is 5.32 Å². The molecule has 7 N–H and O–H groups in total. The lowest BCUT2D eigenvalue weighted by atomic mass is 10.1. The van der Waals surface area contributed by atoms with Crippen LogP contribution in [0.4, 0.5) is 0 Å². The van der Waals surface area contributed by atoms with Gasteiger partial charge in [0.15, 0.2) is 23.4 Å². The molecule has 0 saturated carbocycles. The molecule has 0 fully saturated rings. The van der Waals surface area contributed by atoms with Gasteiger partial charge in [-0.2, -0.15) is 0 Å². The molecule has 0 saturated heterocycles. The van der Waals surface area contributed by atoms with E-state index in [0.29, 0.717) is 13.0 Å². The van der Waals surface area contributed by atoms with Crippen molar-refractivity contribution in [3.63, 3.8) is 0 Å². The van der Waals surface area contributed by atoms with E-state index >= 15 is 0 Å². The molecule has 7 nitrogen and oxygen atoms in total. The quantitative estimate of drug-likeness (QED) is 0.256. The van der Waals surface area contributed by atoms with Crippen LogP contribution in [-0.4, -0.2) is 40.6 Å². The van der Waals surface area contributed by atoms with E-state index in [4.69, 9.17) is 21.7 Å². The van der Waals surface area contributed by atoms with E-state index in [1.54, 1.807) is 18.0 Å². The second kappa shape index (κ2) is 5.76. The monoisotopic (exact) mass is 251 g/mol. The predicted molar refractivity (Wildman–Crippen MR) is 68.9 cm³/mol. The van der Waals surface area contributed by atoms with Crippen LogP contribution in [0.1, 0.15) is 5.56 Å². The number of likely N-dealkylation sites (N-methyl/N-ethyl adjacent to an activating group) is 1. The summed E-state index contributed by atoms with van der Waals surface area (Å²) in [5.41, 5.74) is 5.96. The second-order valence-electron chi connectivity index (χ2n) is 3.88. The SMILES string of the molecule is CN(CCc1ccc(O)c(O)c1)C(=N)NC(=N)N. The molecule has 0 unspecified atom stereocenters. The molecule has 0 bridgehead atoms. The summed E-state index contributed by atoms with van der Waals surface area (Å²) in [5.74, 6) is -0.565. The topological polar surface area (TPSA) is 129 Å². The van der Waals surface area contributed by atoms with E-state index in [1.165, 1.54) is 12.1 Å². The number of phenolic OH excluding ortho intramolecular Hbond substituents is 2. The molecule has 0 spiro atoms. The minimum Gasteiger partial charge on any atom is -0.504 e. The van der Waals surface area contributed by atoms with Crippen LogP contribution in [0.3, 0.4) is 0 Å². The van der Waals surface area contributed by atoms with Gasteiger partial charge in [-0.1, -0.05) is 6.07 Å². The molecular weight excluding hydrogens is 234 g/mol. The predicted octanol–water partition coefficient (Wildman–Crippen LogP) is -0.0101. The van der Waals surface area contributed by atoms with Crippen molar-refractivity contribution in [1.29, 1.82) is 10.8 Å². The van der Waals surface area contributed by atoms with E-state index in [-0.39, 0.29) is 23.4 Å². The number of nitrogens with two attached hydrogens (primary N) is 1. The average molecular weight is 251 g/mol. The first kappa shape index (κ1) is 13.6. The van der Waals surface area contributed by atoms with Crippen molar-refractivity contribution in [2.24, 2.45) is 5.73 Å². The van der Waals surface area contributed by atoms with Crippen LogP contribution in [0, 0.1) is 10.8 Å². The smallest absolute Gasteiger partial charge is 0.197 e. The van der Waals surface area contributed by atoms with E-state index in [9.17, 15) is 5.11 Å². The van der Waals surface area contributed by atoms with Crippen molar-refractivity contribution in [2.45, 2.75) is 6.42 Å². The maximum absolute atomic E-state index is 9.33. The van der Waals surface area contributed by atoms with Gasteiger partial charge in [-0.15, -0.1) is 0 Å². The fourth-order valence-electron chi connectivity index (χ4n) is 1.36. The van der Waals surface area contributed by atoms with Gasteiger partial charge >= 0.3 is 0 Å². The first-order valence-corrected chi connectivity index (χ1v) is 5.31. The summed E-state index contributed by atoms with van der Waals surface area (Å²) in [7, 11) is 1.69. The molecule has 18 heavy (non-hydrogen) atoms. The molecule has 1 aromatic rings. The fraction of sp³-hybridized carbons (Fsp3) is 0.273. The molecule has 1 aromatic carbocycles. The summed E-state index contributed by atoms with van der Waals surface area (Å²) < 4.78 is 0. The van der Waals surface area contributed by atoms with Crippen LogP contribution >= 0.6 is 0 Å². The van der Waals surface area contributed by atoms with Crippen LogP contribution in [0.25, 0.3) is 0 Å². The summed E-state index contributed by atoms with van der Waals surface area (Å²) in [6, 6.07) is 4.60. The summed E-state index contributed by atoms with van der Waals surface area (Å²) >= 11 is 0. The van der Waals surface area contributed by atoms with Gasteiger partial charge in [-0.25, -0.2) is 0 Å². The van der Waals surface area contributed by atoms with Gasteiger partial charge in [0, 0.05) is 13.6 Å². The first-order chi connectivity index (χ1) is 8.40. The van der Waals surface area contributed by atoms with Crippen molar-refractivity contribution < 1.29 is 10.2 Å². The highest BCUT2D eigenvalue weighted by molar-refractivity contribution is 5.94. The Morgan fingerprint density at radius 1 is 1.33 bits per heavy atom. The molecule has 0 heterocycles. The van der Waals surface area contributed by atoms with Crippen molar-refractivity contribution in [2.75, 3.05) is 13.6 Å². The minimum atomic E-state index is -0.283. The number of hydrogen-bond acceptors (Lipinski definition) is 4. The number of phenols is 2. The van der Waals surface area contributed by atoms with E-state index < -0.39 is 0 Å². The Hall–Kier alpha value is -2.44. The highest BCUT2D eigenvalue weighted by Crippen LogP contribution is 2.24. The molecule has 0 aliphatic rings. The van der Waals surface area contributed by atoms with Crippen LogP contribution < -0.4 is 11.1 Å². The lowest BCUT2D eigenvalue weighted by molar-refractivity contribution is 0.402. The highest BCUT2D eigenvalue weighted by atomic mass is 16.3. The fourth-order valence-corrected chi connectivity index (χ4v) is 1.36. The Morgan fingerprint density at radius 3 is 2.56 bits per heavy atom. The van der Waals surface area contributed by atoms with Crippen LogP contribution in [-0.2, 0) is 6.42 Å². The Morgan fingerprint density at radius 2 is 2.00 bits per heavy atom. The lowest BCUT2D eigenvalue weighted by Crippen LogP contribution is -2.44. The lowest BCUT2D eigenvalue weighted by Gasteiger charge is -2.20. The number of guanidine groups is 2. The number of benzene rings is 1. The molecule has 1 rings (SSSR count). The van der Waals surface area contributed by atoms with Crippen molar-refractivity contribution >= 4 is 11.9 Å². The third-order valence-corrected chi connectivity index (χ3v) is 2.41. The maximum atomic E-state index is 9.33. The Balaban J connectivity index is 2.51. The third kappa shape index (κ3) is 3.85. The maximum Gasteiger partial charge on any atom is 0.197 e. The van der Waals surface area contributed by atoms with Crippen molar-refractivity contribution in [3.05, 3.63) is 23.8 Å². The second-order valence-corrected chi connectivity index (χ2v) is 3.88. The van der Waals surface area contributed by atoms with Crippen LogP contribution in [0.2, 0.25) is 0 Å². The number of aromatic hydroxyl groups is 2. The Labute approximate surface area is 105 Å². The normalized spacial score (nSPS) is 9.83. The Bertz CT molecular complexity index is 461. The average Bonchev–Trinajstić information content (AvgIpc) is 2.29. The molecule has 98 valence electrons.